The summed E-state index contributed by atoms with van der Waals surface area (Å²) >= 11 is 0. The summed E-state index contributed by atoms with van der Waals surface area (Å²) < 4.78 is 5.85. The molecule has 0 aliphatic carbocycles. The number of ether oxygens (including phenoxy) is 1. The Bertz CT molecular complexity index is 691. The van der Waals surface area contributed by atoms with Gasteiger partial charge in [0.1, 0.15) is 5.75 Å². The van der Waals surface area contributed by atoms with Gasteiger partial charge in [0.2, 0.25) is 0 Å². The second kappa shape index (κ2) is 6.45. The first-order valence-corrected chi connectivity index (χ1v) is 8.22. The van der Waals surface area contributed by atoms with E-state index in [0.29, 0.717) is 5.92 Å². The number of benzene rings is 2. The summed E-state index contributed by atoms with van der Waals surface area (Å²) in [6.07, 6.45) is 0.420. The minimum absolute atomic E-state index is 0.0166. The lowest BCUT2D eigenvalue weighted by atomic mass is 10.0. The molecule has 3 heteroatoms. The van der Waals surface area contributed by atoms with Gasteiger partial charge in [-0.25, -0.2) is 0 Å². The molecule has 1 heterocycles. The Kier molecular flexibility index (Phi) is 4.37. The van der Waals surface area contributed by atoms with Gasteiger partial charge in [0.25, 0.3) is 5.91 Å². The number of para-hydroxylation sites is 1. The van der Waals surface area contributed by atoms with Gasteiger partial charge in [-0.3, -0.25) is 4.79 Å². The molecule has 2 aromatic carbocycles. The van der Waals surface area contributed by atoms with Crippen molar-refractivity contribution in [3.8, 4) is 5.75 Å². The molecule has 0 saturated heterocycles. The third-order valence-corrected chi connectivity index (χ3v) is 4.36. The number of hydrogen-bond donors (Lipinski definition) is 0. The minimum Gasteiger partial charge on any atom is -0.481 e. The van der Waals surface area contributed by atoms with E-state index >= 15 is 0 Å². The molecule has 0 radical (unpaired) electrons. The topological polar surface area (TPSA) is 29.5 Å². The lowest BCUT2D eigenvalue weighted by Gasteiger charge is -2.22. The maximum Gasteiger partial charge on any atom is 0.267 e. The minimum atomic E-state index is -0.494. The zero-order valence-corrected chi connectivity index (χ0v) is 14.0. The van der Waals surface area contributed by atoms with Crippen molar-refractivity contribution in [2.24, 2.45) is 0 Å². The zero-order chi connectivity index (χ0) is 16.4. The Balaban J connectivity index is 1.69. The molecule has 0 unspecified atom stereocenters. The molecule has 0 saturated carbocycles. The fourth-order valence-corrected chi connectivity index (χ4v) is 2.97. The summed E-state index contributed by atoms with van der Waals surface area (Å²) in [7, 11) is 0. The van der Waals surface area contributed by atoms with Crippen molar-refractivity contribution >= 4 is 11.6 Å². The summed E-state index contributed by atoms with van der Waals surface area (Å²) in [5.41, 5.74) is 3.52. The van der Waals surface area contributed by atoms with Gasteiger partial charge in [0, 0.05) is 12.2 Å². The number of rotatable bonds is 4. The number of carbonyl (C=O) groups excluding carboxylic acids is 1. The quantitative estimate of drug-likeness (QED) is 0.848. The first kappa shape index (κ1) is 15.6. The Morgan fingerprint density at radius 1 is 1.04 bits per heavy atom. The second-order valence-electron chi connectivity index (χ2n) is 6.35. The predicted octanol–water partition coefficient (Wildman–Crippen LogP) is 4.17. The van der Waals surface area contributed by atoms with E-state index in [9.17, 15) is 4.79 Å². The average molecular weight is 309 g/mol. The van der Waals surface area contributed by atoms with Crippen LogP contribution in [0.15, 0.2) is 48.5 Å². The summed E-state index contributed by atoms with van der Waals surface area (Å²) in [6.45, 7) is 6.87. The van der Waals surface area contributed by atoms with Crippen LogP contribution in [-0.2, 0) is 11.2 Å². The van der Waals surface area contributed by atoms with E-state index in [-0.39, 0.29) is 5.91 Å². The van der Waals surface area contributed by atoms with Crippen LogP contribution in [0.1, 0.15) is 37.8 Å². The van der Waals surface area contributed by atoms with Crippen molar-refractivity contribution in [2.75, 3.05) is 11.4 Å². The Morgan fingerprint density at radius 2 is 1.74 bits per heavy atom. The van der Waals surface area contributed by atoms with Gasteiger partial charge in [0.15, 0.2) is 6.10 Å². The monoisotopic (exact) mass is 309 g/mol. The number of carbonyl (C=O) groups is 1. The summed E-state index contributed by atoms with van der Waals surface area (Å²) in [5, 5.41) is 0. The molecule has 1 aliphatic heterocycles. The highest BCUT2D eigenvalue weighted by atomic mass is 16.5. The molecule has 0 aromatic heterocycles. The highest BCUT2D eigenvalue weighted by Gasteiger charge is 2.28. The third-order valence-electron chi connectivity index (χ3n) is 4.36. The standard InChI is InChI=1S/C20H23NO2/c1-14(2)16-8-10-18(11-9-16)23-15(3)20(22)21-13-12-17-6-4-5-7-19(17)21/h4-11,14-15H,12-13H2,1-3H3/t15-/m0/s1. The van der Waals surface area contributed by atoms with E-state index in [2.05, 4.69) is 32.0 Å². The first-order valence-electron chi connectivity index (χ1n) is 8.22. The van der Waals surface area contributed by atoms with Crippen molar-refractivity contribution in [3.05, 3.63) is 59.7 Å². The van der Waals surface area contributed by atoms with Crippen LogP contribution in [0.2, 0.25) is 0 Å². The molecule has 0 bridgehead atoms. The van der Waals surface area contributed by atoms with E-state index in [1.54, 1.807) is 0 Å². The number of anilines is 1. The fourth-order valence-electron chi connectivity index (χ4n) is 2.97. The van der Waals surface area contributed by atoms with Crippen LogP contribution in [0.5, 0.6) is 5.75 Å². The molecule has 23 heavy (non-hydrogen) atoms. The van der Waals surface area contributed by atoms with Gasteiger partial charge in [0.05, 0.1) is 0 Å². The van der Waals surface area contributed by atoms with Gasteiger partial charge in [-0.05, 0) is 48.6 Å². The van der Waals surface area contributed by atoms with Gasteiger partial charge in [-0.15, -0.1) is 0 Å². The number of amides is 1. The smallest absolute Gasteiger partial charge is 0.267 e. The van der Waals surface area contributed by atoms with Crippen LogP contribution in [0.3, 0.4) is 0 Å². The van der Waals surface area contributed by atoms with Gasteiger partial charge < -0.3 is 9.64 Å². The van der Waals surface area contributed by atoms with E-state index < -0.39 is 6.10 Å². The van der Waals surface area contributed by atoms with Gasteiger partial charge >= 0.3 is 0 Å². The summed E-state index contributed by atoms with van der Waals surface area (Å²) in [4.78, 5) is 14.5. The van der Waals surface area contributed by atoms with Crippen molar-refractivity contribution in [2.45, 2.75) is 39.2 Å². The highest BCUT2D eigenvalue weighted by Crippen LogP contribution is 2.28. The molecule has 120 valence electrons. The fraction of sp³-hybridized carbons (Fsp3) is 0.350. The summed E-state index contributed by atoms with van der Waals surface area (Å²) in [5.74, 6) is 1.25. The Labute approximate surface area is 137 Å². The zero-order valence-electron chi connectivity index (χ0n) is 14.0. The van der Waals surface area contributed by atoms with Crippen molar-refractivity contribution in [1.82, 2.24) is 0 Å². The molecular weight excluding hydrogens is 286 g/mol. The van der Waals surface area contributed by atoms with Crippen LogP contribution in [0.25, 0.3) is 0 Å². The molecule has 2 aromatic rings. The van der Waals surface area contributed by atoms with E-state index in [4.69, 9.17) is 4.74 Å². The SMILES string of the molecule is CC(C)c1ccc(O[C@@H](C)C(=O)N2CCc3ccccc32)cc1. The van der Waals surface area contributed by atoms with E-state index in [0.717, 1.165) is 24.4 Å². The van der Waals surface area contributed by atoms with Crippen LogP contribution < -0.4 is 9.64 Å². The van der Waals surface area contributed by atoms with Crippen LogP contribution in [-0.4, -0.2) is 18.6 Å². The molecule has 3 rings (SSSR count). The Morgan fingerprint density at radius 3 is 2.43 bits per heavy atom. The normalized spacial score (nSPS) is 14.7. The average Bonchev–Trinajstić information content (AvgIpc) is 2.98. The molecule has 1 amide bonds. The summed E-state index contributed by atoms with van der Waals surface area (Å²) in [6, 6.07) is 16.1. The third kappa shape index (κ3) is 3.24. The molecule has 0 spiro atoms. The molecule has 0 fully saturated rings. The lowest BCUT2D eigenvalue weighted by molar-refractivity contribution is -0.124. The van der Waals surface area contributed by atoms with E-state index in [1.807, 2.05) is 42.2 Å². The number of hydrogen-bond acceptors (Lipinski definition) is 2. The van der Waals surface area contributed by atoms with Crippen LogP contribution in [0.4, 0.5) is 5.69 Å². The van der Waals surface area contributed by atoms with E-state index in [1.165, 1.54) is 11.1 Å². The maximum atomic E-state index is 12.7. The molecule has 0 N–H and O–H groups in total. The van der Waals surface area contributed by atoms with Gasteiger partial charge in [-0.2, -0.15) is 0 Å². The van der Waals surface area contributed by atoms with Crippen LogP contribution >= 0.6 is 0 Å². The molecule has 1 atom stereocenters. The van der Waals surface area contributed by atoms with Crippen molar-refractivity contribution in [1.29, 1.82) is 0 Å². The molecule has 1 aliphatic rings. The lowest BCUT2D eigenvalue weighted by Crippen LogP contribution is -2.39. The number of fused-ring (bicyclic) bond motifs is 1. The largest absolute Gasteiger partial charge is 0.481 e. The second-order valence-corrected chi connectivity index (χ2v) is 6.35. The molecule has 3 nitrogen and oxygen atoms in total. The molecular formula is C20H23NO2. The Hall–Kier alpha value is -2.29. The van der Waals surface area contributed by atoms with Gasteiger partial charge in [-0.1, -0.05) is 44.2 Å². The highest BCUT2D eigenvalue weighted by molar-refractivity contribution is 5.98. The predicted molar refractivity (Wildman–Crippen MR) is 93.1 cm³/mol. The van der Waals surface area contributed by atoms with Crippen molar-refractivity contribution in [3.63, 3.8) is 0 Å². The van der Waals surface area contributed by atoms with Crippen LogP contribution in [0, 0.1) is 0 Å². The maximum absolute atomic E-state index is 12.7. The first-order chi connectivity index (χ1) is 11.1. The number of nitrogens with zero attached hydrogens (tertiary/aromatic N) is 1. The van der Waals surface area contributed by atoms with Crippen molar-refractivity contribution < 1.29 is 9.53 Å².